The summed E-state index contributed by atoms with van der Waals surface area (Å²) in [6, 6.07) is 12.3. The minimum absolute atomic E-state index is 0.0240. The monoisotopic (exact) mass is 492 g/mol. The van der Waals surface area contributed by atoms with E-state index < -0.39 is 17.2 Å². The van der Waals surface area contributed by atoms with E-state index in [-0.39, 0.29) is 22.8 Å². The van der Waals surface area contributed by atoms with Crippen LogP contribution in [0.25, 0.3) is 16.5 Å². The van der Waals surface area contributed by atoms with Gasteiger partial charge in [-0.3, -0.25) is 9.36 Å². The fraction of sp³-hybridized carbons (Fsp3) is 0.286. The van der Waals surface area contributed by atoms with Crippen molar-refractivity contribution in [2.45, 2.75) is 37.2 Å². The first kappa shape index (κ1) is 22.2. The van der Waals surface area contributed by atoms with Gasteiger partial charge in [0, 0.05) is 16.8 Å². The molecule has 0 aliphatic rings. The maximum atomic E-state index is 14.7. The van der Waals surface area contributed by atoms with Gasteiger partial charge in [0.1, 0.15) is 4.60 Å². The number of carbonyl (C=O) groups is 1. The number of benzene rings is 2. The molecule has 2 aromatic carbocycles. The summed E-state index contributed by atoms with van der Waals surface area (Å²) < 4.78 is 31.4. The van der Waals surface area contributed by atoms with Gasteiger partial charge in [-0.2, -0.15) is 14.0 Å². The van der Waals surface area contributed by atoms with Crippen LogP contribution in [0.15, 0.2) is 52.4 Å². The number of halogens is 3. The van der Waals surface area contributed by atoms with Crippen LogP contribution in [0, 0.1) is 17.2 Å². The molecule has 3 aromatic rings. The van der Waals surface area contributed by atoms with Crippen LogP contribution < -0.4 is 5.32 Å². The summed E-state index contributed by atoms with van der Waals surface area (Å²) in [5.41, 5.74) is 1.05. The molecule has 1 amide bonds. The van der Waals surface area contributed by atoms with E-state index in [1.54, 1.807) is 37.3 Å². The molecule has 0 bridgehead atoms. The van der Waals surface area contributed by atoms with Gasteiger partial charge in [0.05, 0.1) is 23.5 Å². The summed E-state index contributed by atoms with van der Waals surface area (Å²) in [5, 5.41) is 9.36. The number of aromatic nitrogens is 2. The third-order valence-corrected chi connectivity index (χ3v) is 6.26. The van der Waals surface area contributed by atoms with Gasteiger partial charge in [0.2, 0.25) is 0 Å². The Morgan fingerprint density at radius 3 is 2.53 bits per heavy atom. The number of carbonyl (C=O) groups excluding carboxylic acids is 1. The molecule has 0 saturated carbocycles. The zero-order valence-corrected chi connectivity index (χ0v) is 18.9. The Kier molecular flexibility index (Phi) is 6.48. The maximum Gasteiger partial charge on any atom is 0.377 e. The molecule has 3 rings (SSSR count). The molecule has 0 fully saturated rings. The molecular formula is C21H19BrF2N4OS. The predicted molar refractivity (Wildman–Crippen MR) is 117 cm³/mol. The van der Waals surface area contributed by atoms with E-state index in [0.29, 0.717) is 26.6 Å². The summed E-state index contributed by atoms with van der Waals surface area (Å²) in [6.45, 7) is 5.37. The lowest BCUT2D eigenvalue weighted by Crippen LogP contribution is -2.44. The minimum atomic E-state index is -3.71. The summed E-state index contributed by atoms with van der Waals surface area (Å²) in [7, 11) is 0. The van der Waals surface area contributed by atoms with E-state index in [1.807, 2.05) is 19.9 Å². The highest BCUT2D eigenvalue weighted by molar-refractivity contribution is 9.10. The van der Waals surface area contributed by atoms with E-state index in [1.165, 1.54) is 10.8 Å². The highest BCUT2D eigenvalue weighted by Gasteiger charge is 2.42. The van der Waals surface area contributed by atoms with Gasteiger partial charge in [-0.15, -0.1) is 0 Å². The number of hydrogen-bond acceptors (Lipinski definition) is 4. The molecule has 0 radical (unpaired) electrons. The molecule has 30 heavy (non-hydrogen) atoms. The molecule has 0 saturated heterocycles. The van der Waals surface area contributed by atoms with E-state index in [2.05, 4.69) is 32.3 Å². The number of thioether (sulfide) groups is 1. The average Bonchev–Trinajstić information content (AvgIpc) is 3.06. The molecule has 1 unspecified atom stereocenters. The van der Waals surface area contributed by atoms with Crippen molar-refractivity contribution in [3.05, 3.63) is 52.8 Å². The lowest BCUT2D eigenvalue weighted by atomic mass is 10.0. The fourth-order valence-electron chi connectivity index (χ4n) is 2.80. The highest BCUT2D eigenvalue weighted by atomic mass is 79.9. The first-order chi connectivity index (χ1) is 14.2. The minimum Gasteiger partial charge on any atom is -0.347 e. The Morgan fingerprint density at radius 2 is 1.90 bits per heavy atom. The smallest absolute Gasteiger partial charge is 0.347 e. The number of rotatable bonds is 6. The van der Waals surface area contributed by atoms with E-state index in [9.17, 15) is 18.8 Å². The van der Waals surface area contributed by atoms with Crippen LogP contribution in [0.4, 0.5) is 8.78 Å². The lowest BCUT2D eigenvalue weighted by Gasteiger charge is -2.22. The van der Waals surface area contributed by atoms with E-state index in [0.717, 1.165) is 0 Å². The Morgan fingerprint density at radius 1 is 1.23 bits per heavy atom. The summed E-state index contributed by atoms with van der Waals surface area (Å²) in [5.74, 6) is -1.33. The molecule has 9 heteroatoms. The van der Waals surface area contributed by atoms with E-state index >= 15 is 0 Å². The average molecular weight is 493 g/mol. The van der Waals surface area contributed by atoms with Crippen molar-refractivity contribution < 1.29 is 13.6 Å². The summed E-state index contributed by atoms with van der Waals surface area (Å²) in [6.07, 6.45) is 1.40. The largest absolute Gasteiger partial charge is 0.377 e. The molecule has 156 valence electrons. The Balaban J connectivity index is 2.02. The number of nitrogens with one attached hydrogen (secondary N) is 1. The predicted octanol–water partition coefficient (Wildman–Crippen LogP) is 5.51. The quantitative estimate of drug-likeness (QED) is 0.460. The third-order valence-electron chi connectivity index (χ3n) is 4.79. The van der Waals surface area contributed by atoms with Crippen molar-refractivity contribution in [3.63, 3.8) is 0 Å². The number of alkyl halides is 2. The first-order valence-corrected chi connectivity index (χ1v) is 10.8. The van der Waals surface area contributed by atoms with Gasteiger partial charge < -0.3 is 5.32 Å². The topological polar surface area (TPSA) is 70.7 Å². The molecular weight excluding hydrogens is 474 g/mol. The molecule has 0 aliphatic heterocycles. The van der Waals surface area contributed by atoms with Crippen molar-refractivity contribution >= 4 is 44.4 Å². The maximum absolute atomic E-state index is 14.7. The highest BCUT2D eigenvalue weighted by Crippen LogP contribution is 2.39. The van der Waals surface area contributed by atoms with Crippen LogP contribution >= 0.6 is 27.7 Å². The fourth-order valence-corrected chi connectivity index (χ4v) is 4.15. The molecule has 1 heterocycles. The van der Waals surface area contributed by atoms with Gasteiger partial charge in [0.15, 0.2) is 5.16 Å². The first-order valence-electron chi connectivity index (χ1n) is 9.19. The summed E-state index contributed by atoms with van der Waals surface area (Å²) in [4.78, 5) is 16.2. The van der Waals surface area contributed by atoms with Crippen LogP contribution in [0.1, 0.15) is 26.3 Å². The second-order valence-electron chi connectivity index (χ2n) is 7.11. The third kappa shape index (κ3) is 4.35. The number of fused-ring (bicyclic) bond motifs is 1. The number of nitrogens with zero attached hydrogens (tertiary/aromatic N) is 3. The number of imidazole rings is 1. The van der Waals surface area contributed by atoms with Gasteiger partial charge in [-0.25, -0.2) is 4.98 Å². The van der Waals surface area contributed by atoms with Gasteiger partial charge in [-0.05, 0) is 52.7 Å². The van der Waals surface area contributed by atoms with Crippen LogP contribution in [0.2, 0.25) is 0 Å². The molecule has 5 nitrogen and oxygen atoms in total. The number of amides is 1. The van der Waals surface area contributed by atoms with Gasteiger partial charge >= 0.3 is 11.2 Å². The number of nitriles is 1. The molecule has 1 atom stereocenters. The second-order valence-corrected chi connectivity index (χ2v) is 9.01. The van der Waals surface area contributed by atoms with Crippen molar-refractivity contribution in [1.82, 2.24) is 14.9 Å². The Bertz CT molecular complexity index is 1140. The normalized spacial score (nSPS) is 12.7. The standard InChI is InChI=1S/C21H19BrF2N4OS/c1-12(2)13(3)27-19(29)21(23,24)30-20-26-11-18(22)28(20)17-9-8-14(10-25)15-6-4-5-7-16(15)17/h4-9,11-13H,1-3H3,(H,27,29). The molecule has 1 N–H and O–H groups in total. The van der Waals surface area contributed by atoms with Crippen LogP contribution in [-0.4, -0.2) is 26.8 Å². The van der Waals surface area contributed by atoms with Crippen molar-refractivity contribution in [1.29, 1.82) is 5.26 Å². The summed E-state index contributed by atoms with van der Waals surface area (Å²) >= 11 is 3.44. The molecule has 0 spiro atoms. The van der Waals surface area contributed by atoms with Crippen molar-refractivity contribution in [2.24, 2.45) is 5.92 Å². The Labute approximate surface area is 185 Å². The Hall–Kier alpha value is -2.44. The molecule has 1 aromatic heterocycles. The zero-order valence-electron chi connectivity index (χ0n) is 16.5. The van der Waals surface area contributed by atoms with Crippen LogP contribution in [0.5, 0.6) is 0 Å². The molecule has 0 aliphatic carbocycles. The van der Waals surface area contributed by atoms with Crippen molar-refractivity contribution in [3.8, 4) is 11.8 Å². The van der Waals surface area contributed by atoms with Crippen LogP contribution in [-0.2, 0) is 4.79 Å². The second kappa shape index (κ2) is 8.74. The number of hydrogen-bond donors (Lipinski definition) is 1. The lowest BCUT2D eigenvalue weighted by molar-refractivity contribution is -0.135. The van der Waals surface area contributed by atoms with Crippen molar-refractivity contribution in [2.75, 3.05) is 0 Å². The zero-order chi connectivity index (χ0) is 22.1. The van der Waals surface area contributed by atoms with Crippen LogP contribution in [0.3, 0.4) is 0 Å². The van der Waals surface area contributed by atoms with E-state index in [4.69, 9.17) is 0 Å². The SMILES string of the molecule is CC(C)C(C)NC(=O)C(F)(F)Sc1ncc(Br)n1-c1ccc(C#N)c2ccccc12. The van der Waals surface area contributed by atoms with Gasteiger partial charge in [0.25, 0.3) is 0 Å². The van der Waals surface area contributed by atoms with Gasteiger partial charge in [-0.1, -0.05) is 38.1 Å².